The molecule has 0 unspecified atom stereocenters. The minimum absolute atomic E-state index is 0.0462. The summed E-state index contributed by atoms with van der Waals surface area (Å²) in [5.74, 6) is -8.48. The zero-order valence-corrected chi connectivity index (χ0v) is 59.8. The zero-order valence-electron chi connectivity index (χ0n) is 59.8. The van der Waals surface area contributed by atoms with Gasteiger partial charge in [-0.2, -0.15) is 0 Å². The highest BCUT2D eigenvalue weighted by molar-refractivity contribution is 5.93. The molecule has 3 aromatic rings. The first-order chi connectivity index (χ1) is 45.3. The standard InChI is InChI=1S/C72H104F2N6O17/c1-46(2)39-55(75(14)63(83)60(42-51-25-29-54(30-26-51)80-33-37-91-38-34-80)96-68(88)58(44-72(12,13)74)78(17)69(89)97-70(7,8)9)65(85)93-48(5)61(81)77(16)57(43-71(10,11)73)67(87)95-59(41-50-23-27-53(28-24-50)79-31-35-90-36-32-79)62(82)76(15)56(40-47(3)4)66(86)94-49(6)64(84)92-45-52-21-19-18-20-22-52/h18-30,46-49,55-60H,31-45H2,1-17H3/t48-,49-,55+,56+,57+,58+,59-,60-/m1/s1. The van der Waals surface area contributed by atoms with Crippen molar-refractivity contribution in [2.75, 3.05) is 90.6 Å². The molecule has 0 spiro atoms. The third kappa shape index (κ3) is 25.5. The molecule has 0 N–H and O–H groups in total. The van der Waals surface area contributed by atoms with Gasteiger partial charge in [0.15, 0.2) is 24.4 Å². The predicted molar refractivity (Wildman–Crippen MR) is 359 cm³/mol. The van der Waals surface area contributed by atoms with E-state index in [2.05, 4.69) is 9.80 Å². The summed E-state index contributed by atoms with van der Waals surface area (Å²) >= 11 is 0. The van der Waals surface area contributed by atoms with E-state index in [1.807, 2.05) is 44.2 Å². The monoisotopic (exact) mass is 1360 g/mol. The first-order valence-corrected chi connectivity index (χ1v) is 33.3. The van der Waals surface area contributed by atoms with Crippen LogP contribution in [0.5, 0.6) is 0 Å². The number of hydrogen-bond acceptors (Lipinski definition) is 19. The minimum atomic E-state index is -2.17. The van der Waals surface area contributed by atoms with Gasteiger partial charge in [-0.25, -0.2) is 37.5 Å². The normalized spacial score (nSPS) is 16.3. The molecule has 0 saturated carbocycles. The van der Waals surface area contributed by atoms with Crippen molar-refractivity contribution in [1.29, 1.82) is 0 Å². The molecule has 2 saturated heterocycles. The van der Waals surface area contributed by atoms with Crippen LogP contribution in [-0.2, 0) is 95.7 Å². The molecule has 2 aliphatic heterocycles. The van der Waals surface area contributed by atoms with Gasteiger partial charge in [0.1, 0.15) is 47.7 Å². The Hall–Kier alpha value is -7.93. The summed E-state index contributed by atoms with van der Waals surface area (Å²) in [6.07, 6.45) is -9.17. The van der Waals surface area contributed by atoms with Crippen molar-refractivity contribution >= 4 is 65.0 Å². The Labute approximate surface area is 570 Å². The van der Waals surface area contributed by atoms with Crippen LogP contribution >= 0.6 is 0 Å². The van der Waals surface area contributed by atoms with Gasteiger partial charge in [-0.3, -0.25) is 19.3 Å². The zero-order chi connectivity index (χ0) is 72.3. The number of carbonyl (C=O) groups excluding carboxylic acids is 9. The minimum Gasteiger partial charge on any atom is -0.458 e. The number of ether oxygens (including phenoxy) is 8. The second-order valence-corrected chi connectivity index (χ2v) is 28.1. The molecular formula is C72H104F2N6O17. The number of morpholine rings is 2. The average molecular weight is 1360 g/mol. The Balaban J connectivity index is 1.44. The van der Waals surface area contributed by atoms with Crippen molar-refractivity contribution < 1.29 is 89.8 Å². The number of esters is 5. The van der Waals surface area contributed by atoms with Crippen LogP contribution in [0.25, 0.3) is 0 Å². The molecule has 0 radical (unpaired) electrons. The molecule has 3 aromatic carbocycles. The van der Waals surface area contributed by atoms with E-state index in [0.29, 0.717) is 69.3 Å². The summed E-state index contributed by atoms with van der Waals surface area (Å²) in [6, 6.07) is 17.2. The van der Waals surface area contributed by atoms with E-state index in [1.54, 1.807) is 83.1 Å². The Morgan fingerprint density at radius 2 is 0.814 bits per heavy atom. The van der Waals surface area contributed by atoms with Gasteiger partial charge in [0.05, 0.1) is 26.4 Å². The van der Waals surface area contributed by atoms with Gasteiger partial charge in [0.25, 0.3) is 17.7 Å². The molecule has 23 nitrogen and oxygen atoms in total. The number of likely N-dealkylation sites (N-methyl/N-ethyl adjacent to an activating group) is 4. The summed E-state index contributed by atoms with van der Waals surface area (Å²) in [6.45, 7) is 24.0. The van der Waals surface area contributed by atoms with Gasteiger partial charge in [0, 0.05) is 91.4 Å². The lowest BCUT2D eigenvalue weighted by atomic mass is 9.98. The Morgan fingerprint density at radius 1 is 0.454 bits per heavy atom. The largest absolute Gasteiger partial charge is 0.458 e. The molecule has 2 heterocycles. The van der Waals surface area contributed by atoms with Crippen LogP contribution in [0.3, 0.4) is 0 Å². The lowest BCUT2D eigenvalue weighted by Gasteiger charge is -2.35. The molecule has 0 aliphatic carbocycles. The molecule has 5 rings (SSSR count). The lowest BCUT2D eigenvalue weighted by molar-refractivity contribution is -0.176. The molecular weight excluding hydrogens is 1260 g/mol. The molecule has 2 fully saturated rings. The number of rotatable bonds is 32. The van der Waals surface area contributed by atoms with Crippen molar-refractivity contribution in [1.82, 2.24) is 19.6 Å². The van der Waals surface area contributed by atoms with Crippen LogP contribution in [0.2, 0.25) is 0 Å². The molecule has 97 heavy (non-hydrogen) atoms. The molecule has 25 heteroatoms. The summed E-state index contributed by atoms with van der Waals surface area (Å²) < 4.78 is 77.3. The van der Waals surface area contributed by atoms with Gasteiger partial charge in [-0.15, -0.1) is 0 Å². The third-order valence-corrected chi connectivity index (χ3v) is 16.5. The summed E-state index contributed by atoms with van der Waals surface area (Å²) in [4.78, 5) is 138. The average Bonchev–Trinajstić information content (AvgIpc) is 0.880. The van der Waals surface area contributed by atoms with E-state index >= 15 is 18.4 Å². The second-order valence-electron chi connectivity index (χ2n) is 28.1. The molecule has 2 aliphatic rings. The van der Waals surface area contributed by atoms with Crippen LogP contribution in [0.15, 0.2) is 78.9 Å². The first kappa shape index (κ1) is 79.8. The molecule has 538 valence electrons. The maximum atomic E-state index is 16.1. The van der Waals surface area contributed by atoms with E-state index < -0.39 is 132 Å². The fourth-order valence-electron chi connectivity index (χ4n) is 11.1. The van der Waals surface area contributed by atoms with Crippen molar-refractivity contribution in [3.8, 4) is 0 Å². The summed E-state index contributed by atoms with van der Waals surface area (Å²) in [5.41, 5.74) is -1.68. The van der Waals surface area contributed by atoms with Crippen LogP contribution in [0, 0.1) is 11.8 Å². The van der Waals surface area contributed by atoms with Gasteiger partial charge in [0.2, 0.25) is 0 Å². The van der Waals surface area contributed by atoms with Gasteiger partial charge in [-0.1, -0.05) is 82.3 Å². The first-order valence-electron chi connectivity index (χ1n) is 33.3. The molecule has 0 bridgehead atoms. The van der Waals surface area contributed by atoms with E-state index in [1.165, 1.54) is 69.7 Å². The van der Waals surface area contributed by atoms with Crippen LogP contribution < -0.4 is 9.80 Å². The Bertz CT molecular complexity index is 3090. The smallest absolute Gasteiger partial charge is 0.410 e. The van der Waals surface area contributed by atoms with Gasteiger partial charge in [-0.05, 0) is 128 Å². The number of anilines is 2. The van der Waals surface area contributed by atoms with E-state index in [0.717, 1.165) is 31.0 Å². The number of hydrogen-bond donors (Lipinski definition) is 0. The van der Waals surface area contributed by atoms with Crippen molar-refractivity contribution in [3.63, 3.8) is 0 Å². The number of halogens is 2. The van der Waals surface area contributed by atoms with E-state index in [4.69, 9.17) is 37.9 Å². The van der Waals surface area contributed by atoms with Gasteiger partial charge >= 0.3 is 35.9 Å². The maximum absolute atomic E-state index is 16.1. The maximum Gasteiger partial charge on any atom is 0.410 e. The fourth-order valence-corrected chi connectivity index (χ4v) is 11.1. The summed E-state index contributed by atoms with van der Waals surface area (Å²) in [7, 11) is 5.07. The van der Waals surface area contributed by atoms with E-state index in [9.17, 15) is 33.6 Å². The van der Waals surface area contributed by atoms with E-state index in [-0.39, 0.29) is 44.1 Å². The second kappa shape index (κ2) is 36.1. The highest BCUT2D eigenvalue weighted by Gasteiger charge is 2.44. The molecule has 0 aromatic heterocycles. The van der Waals surface area contributed by atoms with Crippen LogP contribution in [-0.4, -0.2) is 220 Å². The van der Waals surface area contributed by atoms with Crippen molar-refractivity contribution in [2.45, 2.75) is 201 Å². The quantitative estimate of drug-likeness (QED) is 0.0419. The Morgan fingerprint density at radius 3 is 1.19 bits per heavy atom. The topological polar surface area (TPSA) is 247 Å². The number of amides is 4. The van der Waals surface area contributed by atoms with Crippen molar-refractivity contribution in [2.24, 2.45) is 11.8 Å². The third-order valence-electron chi connectivity index (χ3n) is 16.5. The number of alkyl halides is 2. The van der Waals surface area contributed by atoms with Crippen molar-refractivity contribution in [3.05, 3.63) is 95.6 Å². The number of benzene rings is 3. The van der Waals surface area contributed by atoms with Crippen LogP contribution in [0.1, 0.15) is 132 Å². The lowest BCUT2D eigenvalue weighted by Crippen LogP contribution is -2.54. The Kier molecular flexibility index (Phi) is 29.7. The van der Waals surface area contributed by atoms with Crippen LogP contribution in [0.4, 0.5) is 25.0 Å². The number of nitrogens with zero attached hydrogens (tertiary/aromatic N) is 6. The SMILES string of the molecule is CC(C)C[C@@H](C(=O)O[C@H](C)C(=O)N(C)[C@@H](CC(C)(C)F)C(=O)O[C@H](Cc1ccc(N2CCOCC2)cc1)C(=O)N(C)[C@@H](CC(C)C)C(=O)O[C@H](C)C(=O)OCc1ccccc1)N(C)C(=O)[C@@H](Cc1ccc(N2CCOCC2)cc1)OC(=O)[C@H](CC(C)(C)F)N(C)C(=O)OC(C)(C)C. The highest BCUT2D eigenvalue weighted by atomic mass is 19.1. The molecule has 8 atom stereocenters. The number of carbonyl (C=O) groups is 9. The molecule has 4 amide bonds. The highest BCUT2D eigenvalue weighted by Crippen LogP contribution is 2.29. The van der Waals surface area contributed by atoms with Gasteiger partial charge < -0.3 is 62.4 Å². The summed E-state index contributed by atoms with van der Waals surface area (Å²) in [5, 5.41) is 0. The predicted octanol–water partition coefficient (Wildman–Crippen LogP) is 8.66. The fraction of sp³-hybridized carbons (Fsp3) is 0.625.